The molecule has 0 amide bonds. The molecule has 0 radical (unpaired) electrons. The molecule has 0 N–H and O–H groups in total. The number of hydrogen-bond donors (Lipinski definition) is 0. The third-order valence-electron chi connectivity index (χ3n) is 6.26. The molecule has 4 heteroatoms. The summed E-state index contributed by atoms with van der Waals surface area (Å²) in [5.74, 6) is 5.68. The summed E-state index contributed by atoms with van der Waals surface area (Å²) in [6.07, 6.45) is 6.33. The minimum absolute atomic E-state index is 0.0316. The zero-order valence-corrected chi connectivity index (χ0v) is 15.4. The van der Waals surface area contributed by atoms with Gasteiger partial charge in [-0.15, -0.1) is 5.92 Å². The van der Waals surface area contributed by atoms with Gasteiger partial charge >= 0.3 is 0 Å². The Bertz CT molecular complexity index is 968. The van der Waals surface area contributed by atoms with Crippen molar-refractivity contribution in [3.05, 3.63) is 46.5 Å². The maximum atomic E-state index is 12.8. The van der Waals surface area contributed by atoms with Crippen molar-refractivity contribution in [1.82, 2.24) is 0 Å². The Balaban J connectivity index is 2.32. The van der Waals surface area contributed by atoms with Crippen molar-refractivity contribution < 1.29 is 9.59 Å². The molecule has 26 heavy (non-hydrogen) atoms. The van der Waals surface area contributed by atoms with Crippen LogP contribution in [0.5, 0.6) is 0 Å². The minimum Gasteiger partial charge on any atom is -0.307 e. The van der Waals surface area contributed by atoms with Crippen molar-refractivity contribution >= 4 is 11.6 Å². The average molecular weight is 344 g/mol. The Morgan fingerprint density at radius 3 is 2.54 bits per heavy atom. The molecule has 0 aromatic heterocycles. The van der Waals surface area contributed by atoms with Crippen LogP contribution in [0, 0.1) is 51.9 Å². The Morgan fingerprint density at radius 1 is 1.27 bits per heavy atom. The number of carbonyl (C=O) groups is 2. The quantitative estimate of drug-likeness (QED) is 0.496. The van der Waals surface area contributed by atoms with Gasteiger partial charge in [-0.2, -0.15) is 5.26 Å². The maximum absolute atomic E-state index is 12.8. The lowest BCUT2D eigenvalue weighted by molar-refractivity contribution is -0.130. The smallest absolute Gasteiger partial charge is 0.226 e. The number of rotatable bonds is 0. The van der Waals surface area contributed by atoms with Crippen LogP contribution >= 0.6 is 0 Å². The van der Waals surface area contributed by atoms with Crippen molar-refractivity contribution in [1.29, 1.82) is 5.26 Å². The monoisotopic (exact) mass is 344 g/mol. The lowest BCUT2D eigenvalue weighted by atomic mass is 9.46. The fourth-order valence-corrected chi connectivity index (χ4v) is 5.12. The third-order valence-corrected chi connectivity index (χ3v) is 6.26. The van der Waals surface area contributed by atoms with Gasteiger partial charge in [0.15, 0.2) is 11.6 Å². The van der Waals surface area contributed by atoms with Gasteiger partial charge in [-0.25, -0.2) is 4.85 Å². The largest absolute Gasteiger partial charge is 0.307 e. The van der Waals surface area contributed by atoms with E-state index in [0.717, 1.165) is 12.0 Å². The van der Waals surface area contributed by atoms with Gasteiger partial charge in [0.05, 0.1) is 17.6 Å². The number of allylic oxidation sites excluding steroid dienone is 6. The normalized spacial score (nSPS) is 34.5. The van der Waals surface area contributed by atoms with Crippen LogP contribution in [0.2, 0.25) is 0 Å². The van der Waals surface area contributed by atoms with E-state index >= 15 is 0 Å². The SMILES string of the molecule is [C-]#[N+]C1=C[C@]2(C)C3=CC(=O)C(C#N)=C[C@]3(C#CC)CC[C@H]2C(C)(C)C1=O. The van der Waals surface area contributed by atoms with Crippen molar-refractivity contribution in [2.75, 3.05) is 0 Å². The maximum Gasteiger partial charge on any atom is 0.226 e. The molecule has 3 rings (SSSR count). The highest BCUT2D eigenvalue weighted by Gasteiger charge is 2.59. The summed E-state index contributed by atoms with van der Waals surface area (Å²) in [5, 5.41) is 9.32. The van der Waals surface area contributed by atoms with Gasteiger partial charge in [0.2, 0.25) is 5.70 Å². The summed E-state index contributed by atoms with van der Waals surface area (Å²) in [5.41, 5.74) is -0.984. The fourth-order valence-electron chi connectivity index (χ4n) is 5.12. The van der Waals surface area contributed by atoms with E-state index in [1.54, 1.807) is 19.1 Å². The third kappa shape index (κ3) is 2.14. The first-order valence-corrected chi connectivity index (χ1v) is 8.65. The topological polar surface area (TPSA) is 62.3 Å². The summed E-state index contributed by atoms with van der Waals surface area (Å²) in [7, 11) is 0. The van der Waals surface area contributed by atoms with E-state index in [4.69, 9.17) is 6.57 Å². The second-order valence-corrected chi connectivity index (χ2v) is 8.00. The highest BCUT2D eigenvalue weighted by atomic mass is 16.1. The lowest BCUT2D eigenvalue weighted by Crippen LogP contribution is -2.53. The van der Waals surface area contributed by atoms with E-state index in [1.807, 2.05) is 26.8 Å². The zero-order valence-electron chi connectivity index (χ0n) is 15.4. The van der Waals surface area contributed by atoms with Gasteiger partial charge in [-0.05, 0) is 43.4 Å². The van der Waals surface area contributed by atoms with Crippen molar-refractivity contribution in [2.24, 2.45) is 22.2 Å². The van der Waals surface area contributed by atoms with Crippen molar-refractivity contribution in [3.8, 4) is 17.9 Å². The highest BCUT2D eigenvalue weighted by molar-refractivity contribution is 6.09. The van der Waals surface area contributed by atoms with E-state index in [-0.39, 0.29) is 28.8 Å². The van der Waals surface area contributed by atoms with Crippen LogP contribution in [0.1, 0.15) is 40.5 Å². The Hall–Kier alpha value is -2.90. The van der Waals surface area contributed by atoms with E-state index in [9.17, 15) is 14.9 Å². The first kappa shape index (κ1) is 17.9. The van der Waals surface area contributed by atoms with Crippen LogP contribution < -0.4 is 0 Å². The van der Waals surface area contributed by atoms with E-state index in [0.29, 0.717) is 6.42 Å². The van der Waals surface area contributed by atoms with Crippen molar-refractivity contribution in [3.63, 3.8) is 0 Å². The molecule has 0 spiro atoms. The van der Waals surface area contributed by atoms with Gasteiger partial charge in [0, 0.05) is 10.8 Å². The molecular formula is C22H20N2O2. The van der Waals surface area contributed by atoms with Crippen LogP contribution in [-0.2, 0) is 9.59 Å². The van der Waals surface area contributed by atoms with E-state index in [1.165, 1.54) is 6.08 Å². The predicted molar refractivity (Wildman–Crippen MR) is 97.0 cm³/mol. The number of Topliss-reactive ketones (excluding diaryl/α,β-unsaturated/α-hetero) is 1. The first-order chi connectivity index (χ1) is 12.2. The molecule has 1 saturated carbocycles. The molecule has 0 aromatic carbocycles. The first-order valence-electron chi connectivity index (χ1n) is 8.65. The Kier molecular flexibility index (Phi) is 3.82. The predicted octanol–water partition coefficient (Wildman–Crippen LogP) is 3.78. The lowest BCUT2D eigenvalue weighted by Gasteiger charge is -2.56. The number of fused-ring (bicyclic) bond motifs is 3. The number of ketones is 2. The van der Waals surface area contributed by atoms with E-state index < -0.39 is 16.2 Å². The van der Waals surface area contributed by atoms with Crippen molar-refractivity contribution in [2.45, 2.75) is 40.5 Å². The molecule has 3 atom stereocenters. The number of hydrogen-bond acceptors (Lipinski definition) is 3. The highest BCUT2D eigenvalue weighted by Crippen LogP contribution is 2.63. The van der Waals surface area contributed by atoms with Crippen LogP contribution in [0.15, 0.2) is 35.1 Å². The van der Waals surface area contributed by atoms with Crippen LogP contribution in [0.4, 0.5) is 0 Å². The molecular weight excluding hydrogens is 324 g/mol. The molecule has 4 nitrogen and oxygen atoms in total. The summed E-state index contributed by atoms with van der Waals surface area (Å²) in [6.45, 7) is 14.9. The van der Waals surface area contributed by atoms with Crippen LogP contribution in [-0.4, -0.2) is 11.6 Å². The summed E-state index contributed by atoms with van der Waals surface area (Å²) < 4.78 is 0. The fraction of sp³-hybridized carbons (Fsp3) is 0.455. The Morgan fingerprint density at radius 2 is 1.96 bits per heavy atom. The molecule has 0 bridgehead atoms. The van der Waals surface area contributed by atoms with Gasteiger partial charge in [-0.3, -0.25) is 4.79 Å². The number of carbonyl (C=O) groups excluding carboxylic acids is 2. The molecule has 3 aliphatic carbocycles. The standard InChI is InChI=1S/C22H20N2O2/c1-6-8-22-9-7-17-20(2,3)19(26)15(24-5)12-21(17,4)18(22)10-16(25)14(11-22)13-23/h10-12,17H,7,9H2,1-4H3/t17-,21-,22-/m0/s1. The van der Waals surface area contributed by atoms with Crippen LogP contribution in [0.3, 0.4) is 0 Å². The van der Waals surface area contributed by atoms with Gasteiger partial charge < -0.3 is 4.79 Å². The molecule has 0 saturated heterocycles. The molecule has 0 heterocycles. The molecule has 1 fully saturated rings. The van der Waals surface area contributed by atoms with Crippen LogP contribution in [0.25, 0.3) is 4.85 Å². The Labute approximate surface area is 154 Å². The van der Waals surface area contributed by atoms with Gasteiger partial charge in [0.25, 0.3) is 0 Å². The van der Waals surface area contributed by atoms with Gasteiger partial charge in [0.1, 0.15) is 6.07 Å². The zero-order chi connectivity index (χ0) is 19.3. The summed E-state index contributed by atoms with van der Waals surface area (Å²) in [4.78, 5) is 28.7. The van der Waals surface area contributed by atoms with E-state index in [2.05, 4.69) is 16.7 Å². The number of nitriles is 1. The summed E-state index contributed by atoms with van der Waals surface area (Å²) >= 11 is 0. The number of nitrogens with zero attached hydrogens (tertiary/aromatic N) is 2. The molecule has 0 aliphatic heterocycles. The molecule has 130 valence electrons. The second-order valence-electron chi connectivity index (χ2n) is 8.00. The minimum atomic E-state index is -0.696. The average Bonchev–Trinajstić information content (AvgIpc) is 2.59. The van der Waals surface area contributed by atoms with Gasteiger partial charge in [-0.1, -0.05) is 32.8 Å². The molecule has 3 aliphatic rings. The summed E-state index contributed by atoms with van der Waals surface area (Å²) in [6, 6.07) is 1.98. The molecule has 0 unspecified atom stereocenters. The molecule has 0 aromatic rings. The second kappa shape index (κ2) is 5.55.